The van der Waals surface area contributed by atoms with E-state index in [1.54, 1.807) is 0 Å². The lowest BCUT2D eigenvalue weighted by atomic mass is 9.33. The zero-order valence-corrected chi connectivity index (χ0v) is 51.7. The molecule has 1 saturated carbocycles. The SMILES string of the molecule is CC(C)(C)c1ccc2c(c1)B1c3ccc4c(oc5ccc(C(C)(C)C)cc54)c3N(c3ccc(C(C)(C)C)cc3-c3ccccc3)c3cc(N4c5ccc(C(C)(C)C)cc5C5(C)CCCCC45C)cc(c31)N2c1cccc2oc3ccccc3c12. The van der Waals surface area contributed by atoms with Crippen molar-refractivity contribution in [3.8, 4) is 11.1 Å². The normalized spacial score (nSPS) is 18.6. The van der Waals surface area contributed by atoms with Gasteiger partial charge in [0.15, 0.2) is 5.58 Å². The van der Waals surface area contributed by atoms with E-state index in [1.165, 1.54) is 90.9 Å². The van der Waals surface area contributed by atoms with Crippen LogP contribution in [0, 0.1) is 0 Å². The molecule has 2 aromatic heterocycles. The van der Waals surface area contributed by atoms with Crippen LogP contribution < -0.4 is 31.1 Å². The molecule has 2 atom stereocenters. The van der Waals surface area contributed by atoms with Gasteiger partial charge >= 0.3 is 0 Å². The molecule has 0 bridgehead atoms. The molecule has 2 unspecified atom stereocenters. The molecule has 9 aromatic carbocycles. The summed E-state index contributed by atoms with van der Waals surface area (Å²) in [6, 6.07) is 65.4. The first-order valence-corrected chi connectivity index (χ1v) is 30.9. The number of benzene rings is 9. The Hall–Kier alpha value is -7.96. The fourth-order valence-electron chi connectivity index (χ4n) is 15.5. The fourth-order valence-corrected chi connectivity index (χ4v) is 15.5. The summed E-state index contributed by atoms with van der Waals surface area (Å²) in [5.74, 6) is 0. The Labute approximate surface area is 497 Å². The maximum Gasteiger partial charge on any atom is 0.252 e. The topological polar surface area (TPSA) is 36.0 Å². The third-order valence-electron chi connectivity index (χ3n) is 20.4. The molecule has 84 heavy (non-hydrogen) atoms. The summed E-state index contributed by atoms with van der Waals surface area (Å²) in [6.45, 7) is 33.1. The molecular weight excluding hydrogens is 1020 g/mol. The standard InChI is InChI=1S/C78H78BN3O2/c1-73(2,3)48-29-35-60(55(41-48)47-23-16-15-17-24-47)81-65-46-52(82-61-36-30-50(75(7,8)9)43-57(61)77(13)39-20-21-40-78(77,82)14)45-64-70(65)79(58-34-33-53-56-42-49(74(4,5)6)32-38-67(56)84-72(53)71(58)81)59-44-51(76(10,11)12)31-37-62(59)80(64)63-26-22-28-68-69(63)54-25-18-19-27-66(54)83-68/h15-19,22-38,41-46H,20-21,39-40H2,1-14H3. The fraction of sp³-hybridized carbons (Fsp3) is 0.308. The molecule has 6 heteroatoms. The van der Waals surface area contributed by atoms with Crippen LogP contribution in [0.15, 0.2) is 179 Å². The third kappa shape index (κ3) is 7.60. The number of anilines is 8. The summed E-state index contributed by atoms with van der Waals surface area (Å²) < 4.78 is 14.3. The number of fused-ring (bicyclic) bond motifs is 14. The molecular formula is C78H78BN3O2. The van der Waals surface area contributed by atoms with E-state index in [1.807, 2.05) is 0 Å². The van der Waals surface area contributed by atoms with Gasteiger partial charge in [0.2, 0.25) is 0 Å². The van der Waals surface area contributed by atoms with Crippen LogP contribution >= 0.6 is 0 Å². The van der Waals surface area contributed by atoms with Gasteiger partial charge in [-0.15, -0.1) is 0 Å². The summed E-state index contributed by atoms with van der Waals surface area (Å²) >= 11 is 0. The predicted molar refractivity (Wildman–Crippen MR) is 358 cm³/mol. The van der Waals surface area contributed by atoms with Gasteiger partial charge in [0.25, 0.3) is 6.71 Å². The highest BCUT2D eigenvalue weighted by atomic mass is 16.3. The minimum atomic E-state index is -0.234. The van der Waals surface area contributed by atoms with Crippen LogP contribution in [0.1, 0.15) is 150 Å². The second-order valence-electron chi connectivity index (χ2n) is 29.7. The Balaban J connectivity index is 1.14. The zero-order valence-electron chi connectivity index (χ0n) is 51.7. The molecule has 0 N–H and O–H groups in total. The van der Waals surface area contributed by atoms with Gasteiger partial charge in [0.1, 0.15) is 16.7 Å². The molecule has 0 spiro atoms. The molecule has 0 amide bonds. The summed E-state index contributed by atoms with van der Waals surface area (Å²) in [4.78, 5) is 8.10. The largest absolute Gasteiger partial charge is 0.456 e. The number of rotatable bonds is 4. The van der Waals surface area contributed by atoms with Crippen LogP contribution in [-0.4, -0.2) is 12.3 Å². The lowest BCUT2D eigenvalue weighted by Crippen LogP contribution is -2.61. The van der Waals surface area contributed by atoms with Gasteiger partial charge in [0.05, 0.1) is 28.0 Å². The molecule has 0 saturated heterocycles. The third-order valence-corrected chi connectivity index (χ3v) is 20.4. The molecule has 4 aliphatic rings. The van der Waals surface area contributed by atoms with Gasteiger partial charge in [-0.05, 0) is 158 Å². The van der Waals surface area contributed by atoms with Crippen LogP contribution in [0.5, 0.6) is 0 Å². The Morgan fingerprint density at radius 2 is 1.02 bits per heavy atom. The van der Waals surface area contributed by atoms with Crippen LogP contribution in [0.2, 0.25) is 0 Å². The van der Waals surface area contributed by atoms with Gasteiger partial charge in [-0.25, -0.2) is 0 Å². The molecule has 5 heterocycles. The van der Waals surface area contributed by atoms with Gasteiger partial charge in [0, 0.05) is 55.6 Å². The second kappa shape index (κ2) is 17.8. The Kier molecular flexibility index (Phi) is 11.2. The lowest BCUT2D eigenvalue weighted by Gasteiger charge is -2.51. The maximum atomic E-state index is 7.53. The average molecular weight is 1100 g/mol. The van der Waals surface area contributed by atoms with E-state index < -0.39 is 0 Å². The van der Waals surface area contributed by atoms with Crippen molar-refractivity contribution in [2.24, 2.45) is 0 Å². The minimum Gasteiger partial charge on any atom is -0.456 e. The molecule has 0 radical (unpaired) electrons. The smallest absolute Gasteiger partial charge is 0.252 e. The first kappa shape index (κ1) is 52.8. The van der Waals surface area contributed by atoms with Crippen LogP contribution in [0.3, 0.4) is 0 Å². The van der Waals surface area contributed by atoms with Crippen molar-refractivity contribution in [1.82, 2.24) is 0 Å². The summed E-state index contributed by atoms with van der Waals surface area (Å²) in [6.07, 6.45) is 4.60. The highest BCUT2D eigenvalue weighted by molar-refractivity contribution is 7.00. The Bertz CT molecular complexity index is 4550. The number of hydrogen-bond donors (Lipinski definition) is 0. The average Bonchev–Trinajstić information content (AvgIpc) is 1.27. The molecule has 1 fully saturated rings. The number of hydrogen-bond acceptors (Lipinski definition) is 5. The summed E-state index contributed by atoms with van der Waals surface area (Å²) in [5.41, 5.74) is 25.1. The van der Waals surface area contributed by atoms with Crippen molar-refractivity contribution in [3.63, 3.8) is 0 Å². The molecule has 1 aliphatic carbocycles. The maximum absolute atomic E-state index is 7.53. The van der Waals surface area contributed by atoms with Crippen LogP contribution in [0.4, 0.5) is 45.5 Å². The first-order chi connectivity index (χ1) is 39.9. The minimum absolute atomic E-state index is 0.00288. The quantitative estimate of drug-likeness (QED) is 0.164. The van der Waals surface area contributed by atoms with Crippen molar-refractivity contribution in [3.05, 3.63) is 198 Å². The van der Waals surface area contributed by atoms with E-state index >= 15 is 0 Å². The van der Waals surface area contributed by atoms with E-state index in [-0.39, 0.29) is 39.3 Å². The molecule has 5 nitrogen and oxygen atoms in total. The highest BCUT2D eigenvalue weighted by Crippen LogP contribution is 2.63. The monoisotopic (exact) mass is 1100 g/mol. The summed E-state index contributed by atoms with van der Waals surface area (Å²) in [7, 11) is 0. The Morgan fingerprint density at radius 3 is 1.75 bits per heavy atom. The van der Waals surface area contributed by atoms with Gasteiger partial charge in [-0.2, -0.15) is 0 Å². The van der Waals surface area contributed by atoms with Crippen LogP contribution in [-0.2, 0) is 27.1 Å². The van der Waals surface area contributed by atoms with Gasteiger partial charge in [-0.3, -0.25) is 0 Å². The van der Waals surface area contributed by atoms with E-state index in [9.17, 15) is 0 Å². The van der Waals surface area contributed by atoms with E-state index in [2.05, 4.69) is 281 Å². The molecule has 15 rings (SSSR count). The van der Waals surface area contributed by atoms with Crippen LogP contribution in [0.25, 0.3) is 55.0 Å². The van der Waals surface area contributed by atoms with Crippen molar-refractivity contribution >= 4 is 112 Å². The second-order valence-corrected chi connectivity index (χ2v) is 29.7. The van der Waals surface area contributed by atoms with Gasteiger partial charge < -0.3 is 23.5 Å². The summed E-state index contributed by atoms with van der Waals surface area (Å²) in [5, 5.41) is 4.49. The zero-order chi connectivity index (χ0) is 58.4. The lowest BCUT2D eigenvalue weighted by molar-refractivity contribution is 0.195. The van der Waals surface area contributed by atoms with E-state index in [4.69, 9.17) is 8.83 Å². The number of para-hydroxylation sites is 1. The molecule has 3 aliphatic heterocycles. The van der Waals surface area contributed by atoms with Crippen molar-refractivity contribution in [2.45, 2.75) is 155 Å². The Morgan fingerprint density at radius 1 is 0.429 bits per heavy atom. The van der Waals surface area contributed by atoms with Gasteiger partial charge in [-0.1, -0.05) is 206 Å². The first-order valence-electron chi connectivity index (χ1n) is 30.9. The van der Waals surface area contributed by atoms with E-state index in [0.29, 0.717) is 0 Å². The predicted octanol–water partition coefficient (Wildman–Crippen LogP) is 20.2. The number of furan rings is 2. The molecule has 11 aromatic rings. The van der Waals surface area contributed by atoms with E-state index in [0.717, 1.165) is 79.5 Å². The van der Waals surface area contributed by atoms with Crippen molar-refractivity contribution in [2.75, 3.05) is 14.7 Å². The van der Waals surface area contributed by atoms with Crippen molar-refractivity contribution < 1.29 is 8.83 Å². The number of nitrogens with zero attached hydrogens (tertiary/aromatic N) is 3. The van der Waals surface area contributed by atoms with Crippen molar-refractivity contribution in [1.29, 1.82) is 0 Å². The highest BCUT2D eigenvalue weighted by Gasteiger charge is 2.58. The molecule has 420 valence electrons.